The fourth-order valence-electron chi connectivity index (χ4n) is 3.30. The number of hydrogen-bond donors (Lipinski definition) is 1. The molecule has 1 heterocycles. The lowest BCUT2D eigenvalue weighted by Gasteiger charge is -2.38. The van der Waals surface area contributed by atoms with Gasteiger partial charge in [-0.2, -0.15) is 0 Å². The van der Waals surface area contributed by atoms with Crippen LogP contribution in [0.3, 0.4) is 0 Å². The molecule has 2 aromatic rings. The van der Waals surface area contributed by atoms with E-state index in [1.165, 1.54) is 31.4 Å². The number of nitrogens with one attached hydrogen (secondary N) is 1. The van der Waals surface area contributed by atoms with Gasteiger partial charge in [-0.1, -0.05) is 19.1 Å². The highest BCUT2D eigenvalue weighted by Gasteiger charge is 2.36. The van der Waals surface area contributed by atoms with Crippen molar-refractivity contribution in [2.24, 2.45) is 0 Å². The smallest absolute Gasteiger partial charge is 0.337 e. The van der Waals surface area contributed by atoms with Crippen molar-refractivity contribution in [2.75, 3.05) is 12.0 Å². The molecule has 0 saturated heterocycles. The first-order valence-electron chi connectivity index (χ1n) is 8.79. The molecule has 0 aliphatic carbocycles. The number of nitrogens with zero attached hydrogens (tertiary/aromatic N) is 2. The van der Waals surface area contributed by atoms with Crippen molar-refractivity contribution in [1.29, 1.82) is 0 Å². The number of anilines is 1. The number of carbonyl (C=O) groups excluding carboxylic acids is 1. The number of hydrogen-bond acceptors (Lipinski definition) is 5. The highest BCUT2D eigenvalue weighted by Crippen LogP contribution is 2.36. The minimum absolute atomic E-state index is 0.0987. The number of methoxy groups -OCH3 is 1. The summed E-state index contributed by atoms with van der Waals surface area (Å²) in [4.78, 5) is 25.0. The van der Waals surface area contributed by atoms with Crippen LogP contribution in [0.2, 0.25) is 0 Å². The molecule has 29 heavy (non-hydrogen) atoms. The SMILES string of the molecule is CCC1=C(C(=O)OC)[C@H](c2cccc([N+](=O)[O-])c2)NC(=S)N1c1ccc(F)cc1. The number of rotatable bonds is 5. The Morgan fingerprint density at radius 1 is 1.31 bits per heavy atom. The number of esters is 1. The average molecular weight is 415 g/mol. The molecule has 7 nitrogen and oxygen atoms in total. The zero-order valence-electron chi connectivity index (χ0n) is 15.7. The van der Waals surface area contributed by atoms with Crippen LogP contribution in [0, 0.1) is 15.9 Å². The van der Waals surface area contributed by atoms with E-state index in [2.05, 4.69) is 5.32 Å². The van der Waals surface area contributed by atoms with E-state index >= 15 is 0 Å². The molecule has 0 saturated carbocycles. The van der Waals surface area contributed by atoms with Gasteiger partial charge in [-0.25, -0.2) is 9.18 Å². The second-order valence-electron chi connectivity index (χ2n) is 6.25. The van der Waals surface area contributed by atoms with Crippen LogP contribution in [-0.4, -0.2) is 23.1 Å². The Bertz CT molecular complexity index is 1010. The van der Waals surface area contributed by atoms with Gasteiger partial charge in [0.2, 0.25) is 0 Å². The van der Waals surface area contributed by atoms with Crippen molar-refractivity contribution in [3.05, 3.63) is 81.3 Å². The van der Waals surface area contributed by atoms with Crippen molar-refractivity contribution in [1.82, 2.24) is 5.32 Å². The van der Waals surface area contributed by atoms with Gasteiger partial charge in [0.25, 0.3) is 5.69 Å². The van der Waals surface area contributed by atoms with Crippen molar-refractivity contribution < 1.29 is 18.8 Å². The lowest BCUT2D eigenvalue weighted by molar-refractivity contribution is -0.384. The van der Waals surface area contributed by atoms with Crippen LogP contribution in [0.4, 0.5) is 15.8 Å². The molecule has 1 aliphatic heterocycles. The highest BCUT2D eigenvalue weighted by molar-refractivity contribution is 7.80. The predicted octanol–water partition coefficient (Wildman–Crippen LogP) is 4.01. The number of non-ortho nitro benzene ring substituents is 1. The standard InChI is InChI=1S/C20H18FN3O4S/c1-3-16-17(19(25)28-2)18(12-5-4-6-15(11-12)24(26)27)22-20(29)23(16)14-9-7-13(21)8-10-14/h4-11,18H,3H2,1-2H3,(H,22,29)/t18-/m0/s1. The molecular weight excluding hydrogens is 397 g/mol. The minimum atomic E-state index is -0.721. The average Bonchev–Trinajstić information content (AvgIpc) is 2.73. The Balaban J connectivity index is 2.18. The topological polar surface area (TPSA) is 84.7 Å². The summed E-state index contributed by atoms with van der Waals surface area (Å²) in [6.45, 7) is 1.85. The largest absolute Gasteiger partial charge is 0.466 e. The maximum atomic E-state index is 13.4. The number of halogens is 1. The summed E-state index contributed by atoms with van der Waals surface area (Å²) in [7, 11) is 1.27. The number of carbonyl (C=O) groups is 1. The van der Waals surface area contributed by atoms with Crippen LogP contribution in [-0.2, 0) is 9.53 Å². The molecule has 0 amide bonds. The monoisotopic (exact) mass is 415 g/mol. The van der Waals surface area contributed by atoms with Gasteiger partial charge in [-0.3, -0.25) is 15.0 Å². The molecule has 1 N–H and O–H groups in total. The second-order valence-corrected chi connectivity index (χ2v) is 6.64. The van der Waals surface area contributed by atoms with E-state index < -0.39 is 22.8 Å². The summed E-state index contributed by atoms with van der Waals surface area (Å²) in [6.07, 6.45) is 0.426. The molecule has 0 aromatic heterocycles. The van der Waals surface area contributed by atoms with Crippen LogP contribution in [0.1, 0.15) is 24.9 Å². The molecule has 0 bridgehead atoms. The molecule has 150 valence electrons. The number of benzene rings is 2. The predicted molar refractivity (Wildman–Crippen MR) is 110 cm³/mol. The van der Waals surface area contributed by atoms with Gasteiger partial charge in [-0.05, 0) is 48.5 Å². The normalized spacial score (nSPS) is 16.4. The highest BCUT2D eigenvalue weighted by atomic mass is 32.1. The van der Waals surface area contributed by atoms with Gasteiger partial charge < -0.3 is 10.1 Å². The van der Waals surface area contributed by atoms with Crippen LogP contribution in [0.25, 0.3) is 0 Å². The van der Waals surface area contributed by atoms with E-state index in [1.807, 2.05) is 6.92 Å². The lowest BCUT2D eigenvalue weighted by atomic mass is 9.93. The quantitative estimate of drug-likeness (QED) is 0.342. The maximum Gasteiger partial charge on any atom is 0.337 e. The zero-order valence-corrected chi connectivity index (χ0v) is 16.5. The Kier molecular flexibility index (Phi) is 5.88. The Morgan fingerprint density at radius 3 is 2.59 bits per heavy atom. The van der Waals surface area contributed by atoms with Gasteiger partial charge in [-0.15, -0.1) is 0 Å². The molecule has 0 fully saturated rings. The summed E-state index contributed by atoms with van der Waals surface area (Å²) >= 11 is 5.52. The third-order valence-electron chi connectivity index (χ3n) is 4.58. The molecule has 1 aliphatic rings. The Hall–Kier alpha value is -3.33. The molecule has 1 atom stereocenters. The molecule has 0 unspecified atom stereocenters. The van der Waals surface area contributed by atoms with Gasteiger partial charge >= 0.3 is 5.97 Å². The first-order valence-corrected chi connectivity index (χ1v) is 9.20. The summed E-state index contributed by atoms with van der Waals surface area (Å²) in [5.74, 6) is -0.977. The van der Waals surface area contributed by atoms with E-state index in [0.29, 0.717) is 23.4 Å². The van der Waals surface area contributed by atoms with Crippen LogP contribution in [0.15, 0.2) is 59.8 Å². The molecule has 2 aromatic carbocycles. The summed E-state index contributed by atoms with van der Waals surface area (Å²) in [5.41, 5.74) is 1.85. The maximum absolute atomic E-state index is 13.4. The van der Waals surface area contributed by atoms with Crippen molar-refractivity contribution in [3.8, 4) is 0 Å². The van der Waals surface area contributed by atoms with E-state index in [4.69, 9.17) is 17.0 Å². The summed E-state index contributed by atoms with van der Waals surface area (Å²) in [6, 6.07) is 11.0. The number of nitro benzene ring substituents is 1. The Morgan fingerprint density at radius 2 is 2.00 bits per heavy atom. The fraction of sp³-hybridized carbons (Fsp3) is 0.200. The lowest BCUT2D eigenvalue weighted by Crippen LogP contribution is -2.48. The molecule has 3 rings (SSSR count). The number of thiocarbonyl (C=S) groups is 1. The zero-order chi connectivity index (χ0) is 21.1. The third kappa shape index (κ3) is 3.95. The fourth-order valence-corrected chi connectivity index (χ4v) is 3.63. The Labute approximate surface area is 171 Å². The summed E-state index contributed by atoms with van der Waals surface area (Å²) in [5, 5.41) is 14.5. The molecule has 0 spiro atoms. The molecule has 9 heteroatoms. The second kappa shape index (κ2) is 8.36. The van der Waals surface area contributed by atoms with Gasteiger partial charge in [0.05, 0.1) is 23.6 Å². The van der Waals surface area contributed by atoms with E-state index in [9.17, 15) is 19.3 Å². The molecule has 0 radical (unpaired) electrons. The number of nitro groups is 1. The number of ether oxygens (including phenoxy) is 1. The van der Waals surface area contributed by atoms with Crippen LogP contribution in [0.5, 0.6) is 0 Å². The first-order chi connectivity index (χ1) is 13.9. The van der Waals surface area contributed by atoms with Gasteiger partial charge in [0.1, 0.15) is 5.82 Å². The van der Waals surface area contributed by atoms with E-state index in [0.717, 1.165) is 0 Å². The van der Waals surface area contributed by atoms with Gasteiger partial charge in [0, 0.05) is 23.5 Å². The van der Waals surface area contributed by atoms with Crippen molar-refractivity contribution >= 4 is 34.7 Å². The van der Waals surface area contributed by atoms with Crippen LogP contribution < -0.4 is 10.2 Å². The van der Waals surface area contributed by atoms with Gasteiger partial charge in [0.15, 0.2) is 5.11 Å². The number of allylic oxidation sites excluding steroid dienone is 1. The first kappa shape index (κ1) is 20.4. The van der Waals surface area contributed by atoms with Crippen molar-refractivity contribution in [3.63, 3.8) is 0 Å². The third-order valence-corrected chi connectivity index (χ3v) is 4.88. The van der Waals surface area contributed by atoms with Crippen molar-refractivity contribution in [2.45, 2.75) is 19.4 Å². The van der Waals surface area contributed by atoms with E-state index in [1.54, 1.807) is 29.2 Å². The van der Waals surface area contributed by atoms with Crippen LogP contribution >= 0.6 is 12.2 Å². The molecular formula is C20H18FN3O4S. The summed E-state index contributed by atoms with van der Waals surface area (Å²) < 4.78 is 18.4. The van der Waals surface area contributed by atoms with E-state index in [-0.39, 0.29) is 16.4 Å². The minimum Gasteiger partial charge on any atom is -0.466 e.